The summed E-state index contributed by atoms with van der Waals surface area (Å²) in [5.41, 5.74) is 0.484. The van der Waals surface area contributed by atoms with Crippen molar-refractivity contribution >= 4 is 37.5 Å². The molecule has 2 rings (SSSR count). The summed E-state index contributed by atoms with van der Waals surface area (Å²) in [7, 11) is -3.42. The number of carbonyl (C=O) groups is 2. The van der Waals surface area contributed by atoms with Gasteiger partial charge in [-0.3, -0.25) is 4.79 Å². The Morgan fingerprint density at radius 3 is 2.43 bits per heavy atom. The maximum absolute atomic E-state index is 12.0. The molecule has 0 atom stereocenters. The number of benzene rings is 2. The van der Waals surface area contributed by atoms with Crippen molar-refractivity contribution in [3.63, 3.8) is 0 Å². The van der Waals surface area contributed by atoms with Crippen LogP contribution in [0.2, 0.25) is 0 Å². The molecule has 0 saturated heterocycles. The Labute approximate surface area is 142 Å². The highest BCUT2D eigenvalue weighted by molar-refractivity contribution is 9.10. The normalized spacial score (nSPS) is 11.0. The highest BCUT2D eigenvalue weighted by Gasteiger charge is 2.15. The predicted molar refractivity (Wildman–Crippen MR) is 88.3 cm³/mol. The molecule has 0 aliphatic carbocycles. The number of Topliss-reactive ketones (excluding diaryl/α,β-unsaturated/α-hetero) is 1. The second-order valence-electron chi connectivity index (χ2n) is 4.78. The second kappa shape index (κ2) is 7.06. The lowest BCUT2D eigenvalue weighted by Crippen LogP contribution is -2.15. The zero-order valence-electron chi connectivity index (χ0n) is 12.2. The lowest BCUT2D eigenvalue weighted by Gasteiger charge is -2.06. The van der Waals surface area contributed by atoms with Gasteiger partial charge in [0.2, 0.25) is 5.78 Å². The number of carbonyl (C=O) groups excluding carboxylic acids is 2. The molecule has 23 heavy (non-hydrogen) atoms. The summed E-state index contributed by atoms with van der Waals surface area (Å²) in [5.74, 6) is -1.11. The summed E-state index contributed by atoms with van der Waals surface area (Å²) in [4.78, 5) is 24.0. The van der Waals surface area contributed by atoms with Crippen molar-refractivity contribution in [3.8, 4) is 0 Å². The lowest BCUT2D eigenvalue weighted by molar-refractivity contribution is 0.0474. The first-order chi connectivity index (χ1) is 10.8. The van der Waals surface area contributed by atoms with Crippen LogP contribution in [0, 0.1) is 0 Å². The van der Waals surface area contributed by atoms with Crippen LogP contribution in [0.1, 0.15) is 20.7 Å². The third kappa shape index (κ3) is 4.49. The van der Waals surface area contributed by atoms with E-state index in [0.29, 0.717) is 10.0 Å². The van der Waals surface area contributed by atoms with Gasteiger partial charge in [0.15, 0.2) is 16.4 Å². The highest BCUT2D eigenvalue weighted by atomic mass is 79.9. The van der Waals surface area contributed by atoms with Gasteiger partial charge in [0, 0.05) is 16.3 Å². The number of rotatable bonds is 5. The number of ketones is 1. The molecule has 120 valence electrons. The fraction of sp³-hybridized carbons (Fsp3) is 0.125. The molecule has 0 radical (unpaired) electrons. The molecule has 0 N–H and O–H groups in total. The number of halogens is 1. The van der Waals surface area contributed by atoms with E-state index < -0.39 is 22.4 Å². The van der Waals surface area contributed by atoms with Crippen LogP contribution in [-0.2, 0) is 14.6 Å². The van der Waals surface area contributed by atoms with Gasteiger partial charge in [0.1, 0.15) is 0 Å². The van der Waals surface area contributed by atoms with Gasteiger partial charge in [-0.1, -0.05) is 40.2 Å². The van der Waals surface area contributed by atoms with E-state index in [9.17, 15) is 18.0 Å². The molecule has 5 nitrogen and oxygen atoms in total. The average Bonchev–Trinajstić information content (AvgIpc) is 2.52. The van der Waals surface area contributed by atoms with Crippen molar-refractivity contribution in [2.45, 2.75) is 4.90 Å². The van der Waals surface area contributed by atoms with Crippen molar-refractivity contribution in [1.82, 2.24) is 0 Å². The number of esters is 1. The predicted octanol–water partition coefficient (Wildman–Crippen LogP) is 2.89. The van der Waals surface area contributed by atoms with E-state index in [0.717, 1.165) is 6.26 Å². The van der Waals surface area contributed by atoms with Gasteiger partial charge in [0.25, 0.3) is 0 Å². The van der Waals surface area contributed by atoms with Gasteiger partial charge in [0.05, 0.1) is 10.5 Å². The maximum Gasteiger partial charge on any atom is 0.338 e. The molecule has 0 amide bonds. The standard InChI is InChI=1S/C16H13BrO5S/c1-23(20,21)12-6-4-5-11(9-12)16(19)22-10-15(18)13-7-2-3-8-14(13)17/h2-9H,10H2,1H3. The Bertz CT molecular complexity index is 858. The minimum atomic E-state index is -3.42. The van der Waals surface area contributed by atoms with Crippen LogP contribution in [0.15, 0.2) is 57.9 Å². The van der Waals surface area contributed by atoms with Crippen LogP contribution >= 0.6 is 15.9 Å². The van der Waals surface area contributed by atoms with Crippen molar-refractivity contribution in [2.75, 3.05) is 12.9 Å². The van der Waals surface area contributed by atoms with Crippen LogP contribution in [-0.4, -0.2) is 33.0 Å². The molecule has 0 spiro atoms. The van der Waals surface area contributed by atoms with Crippen molar-refractivity contribution < 1.29 is 22.7 Å². The summed E-state index contributed by atoms with van der Waals surface area (Å²) in [5, 5.41) is 0. The maximum atomic E-state index is 12.0. The van der Waals surface area contributed by atoms with Crippen LogP contribution in [0.25, 0.3) is 0 Å². The summed E-state index contributed by atoms with van der Waals surface area (Å²) in [6.07, 6.45) is 1.05. The summed E-state index contributed by atoms with van der Waals surface area (Å²) in [6.45, 7) is -0.426. The van der Waals surface area contributed by atoms with Crippen LogP contribution in [0.5, 0.6) is 0 Å². The summed E-state index contributed by atoms with van der Waals surface area (Å²) >= 11 is 3.25. The number of sulfone groups is 1. The minimum absolute atomic E-state index is 0.0177. The van der Waals surface area contributed by atoms with Crippen molar-refractivity contribution in [3.05, 3.63) is 64.1 Å². The first kappa shape index (κ1) is 17.4. The number of hydrogen-bond donors (Lipinski definition) is 0. The van der Waals surface area contributed by atoms with Gasteiger partial charge in [-0.25, -0.2) is 13.2 Å². The molecule has 2 aromatic rings. The molecule has 0 bridgehead atoms. The molecule has 0 fully saturated rings. The largest absolute Gasteiger partial charge is 0.454 e. The van der Waals surface area contributed by atoms with Gasteiger partial charge in [-0.2, -0.15) is 0 Å². The highest BCUT2D eigenvalue weighted by Crippen LogP contribution is 2.17. The average molecular weight is 397 g/mol. The van der Waals surface area contributed by atoms with E-state index in [4.69, 9.17) is 4.74 Å². The molecule has 2 aromatic carbocycles. The SMILES string of the molecule is CS(=O)(=O)c1cccc(C(=O)OCC(=O)c2ccccc2Br)c1. The lowest BCUT2D eigenvalue weighted by atomic mass is 10.1. The van der Waals surface area contributed by atoms with Gasteiger partial charge in [-0.05, 0) is 24.3 Å². The molecule has 7 heteroatoms. The van der Waals surface area contributed by atoms with Gasteiger partial charge < -0.3 is 4.74 Å². The van der Waals surface area contributed by atoms with Crippen LogP contribution in [0.4, 0.5) is 0 Å². The van der Waals surface area contributed by atoms with Crippen molar-refractivity contribution in [1.29, 1.82) is 0 Å². The third-order valence-electron chi connectivity index (χ3n) is 3.01. The first-order valence-corrected chi connectivity index (χ1v) is 9.22. The van der Waals surface area contributed by atoms with E-state index in [1.165, 1.54) is 24.3 Å². The zero-order valence-corrected chi connectivity index (χ0v) is 14.6. The molecule has 0 saturated carbocycles. The van der Waals surface area contributed by atoms with Crippen LogP contribution in [0.3, 0.4) is 0 Å². The Morgan fingerprint density at radius 1 is 1.09 bits per heavy atom. The summed E-state index contributed by atoms with van der Waals surface area (Å²) in [6, 6.07) is 12.3. The molecule has 0 heterocycles. The second-order valence-corrected chi connectivity index (χ2v) is 7.65. The molecular formula is C16H13BrO5S. The Hall–Kier alpha value is -1.99. The van der Waals surface area contributed by atoms with Gasteiger partial charge >= 0.3 is 5.97 Å². The van der Waals surface area contributed by atoms with Crippen LogP contribution < -0.4 is 0 Å². The Balaban J connectivity index is 2.09. The Kier molecular flexibility index (Phi) is 5.33. The third-order valence-corrected chi connectivity index (χ3v) is 4.81. The molecule has 0 aromatic heterocycles. The molecule has 0 aliphatic heterocycles. The topological polar surface area (TPSA) is 77.5 Å². The minimum Gasteiger partial charge on any atom is -0.454 e. The van der Waals surface area contributed by atoms with Crippen molar-refractivity contribution in [2.24, 2.45) is 0 Å². The van der Waals surface area contributed by atoms with E-state index in [-0.39, 0.29) is 16.2 Å². The van der Waals surface area contributed by atoms with E-state index in [2.05, 4.69) is 15.9 Å². The molecular weight excluding hydrogens is 384 g/mol. The fourth-order valence-electron chi connectivity index (χ4n) is 1.83. The van der Waals surface area contributed by atoms with E-state index in [1.54, 1.807) is 24.3 Å². The van der Waals surface area contributed by atoms with Gasteiger partial charge in [-0.15, -0.1) is 0 Å². The smallest absolute Gasteiger partial charge is 0.338 e. The van der Waals surface area contributed by atoms with E-state index >= 15 is 0 Å². The molecule has 0 unspecified atom stereocenters. The van der Waals surface area contributed by atoms with E-state index in [1.807, 2.05) is 0 Å². The summed E-state index contributed by atoms with van der Waals surface area (Å²) < 4.78 is 28.5. The monoisotopic (exact) mass is 396 g/mol. The Morgan fingerprint density at radius 2 is 1.78 bits per heavy atom. The number of ether oxygens (including phenoxy) is 1. The zero-order chi connectivity index (χ0) is 17.0. The quantitative estimate of drug-likeness (QED) is 0.573. The fourth-order valence-corrected chi connectivity index (χ4v) is 3.01. The number of hydrogen-bond acceptors (Lipinski definition) is 5. The first-order valence-electron chi connectivity index (χ1n) is 6.54. The molecule has 0 aliphatic rings.